The van der Waals surface area contributed by atoms with Crippen molar-refractivity contribution in [2.45, 2.75) is 19.9 Å². The molecule has 0 spiro atoms. The average molecular weight is 271 g/mol. The maximum Gasteiger partial charge on any atom is 0.124 e. The minimum Gasteiger partial charge on any atom is -0.497 e. The Morgan fingerprint density at radius 1 is 1.15 bits per heavy atom. The second-order valence-corrected chi connectivity index (χ2v) is 4.73. The van der Waals surface area contributed by atoms with E-state index in [1.165, 1.54) is 5.56 Å². The van der Waals surface area contributed by atoms with Crippen molar-refractivity contribution in [3.63, 3.8) is 0 Å². The van der Waals surface area contributed by atoms with Gasteiger partial charge < -0.3 is 15.2 Å². The van der Waals surface area contributed by atoms with E-state index in [4.69, 9.17) is 15.2 Å². The summed E-state index contributed by atoms with van der Waals surface area (Å²) in [5.41, 5.74) is 9.58. The van der Waals surface area contributed by atoms with Gasteiger partial charge in [-0.15, -0.1) is 0 Å². The molecular weight excluding hydrogens is 250 g/mol. The van der Waals surface area contributed by atoms with E-state index in [1.54, 1.807) is 7.11 Å². The summed E-state index contributed by atoms with van der Waals surface area (Å²) in [6.07, 6.45) is 0. The second kappa shape index (κ2) is 6.44. The Labute approximate surface area is 120 Å². The lowest BCUT2D eigenvalue weighted by molar-refractivity contribution is 0.335. The molecule has 0 radical (unpaired) electrons. The summed E-state index contributed by atoms with van der Waals surface area (Å²) >= 11 is 0. The highest BCUT2D eigenvalue weighted by molar-refractivity contribution is 5.44. The van der Waals surface area contributed by atoms with Gasteiger partial charge in [-0.2, -0.15) is 0 Å². The van der Waals surface area contributed by atoms with Crippen LogP contribution in [-0.2, 0) is 0 Å². The van der Waals surface area contributed by atoms with Crippen LogP contribution in [0.25, 0.3) is 0 Å². The van der Waals surface area contributed by atoms with Gasteiger partial charge >= 0.3 is 0 Å². The normalized spacial score (nSPS) is 12.0. The monoisotopic (exact) mass is 271 g/mol. The molecule has 3 nitrogen and oxygen atoms in total. The number of ether oxygens (including phenoxy) is 2. The van der Waals surface area contributed by atoms with E-state index in [2.05, 4.69) is 13.0 Å². The number of benzene rings is 2. The molecule has 2 aromatic carbocycles. The first-order chi connectivity index (χ1) is 9.65. The Morgan fingerprint density at radius 2 is 1.95 bits per heavy atom. The van der Waals surface area contributed by atoms with Gasteiger partial charge in [0.1, 0.15) is 11.5 Å². The van der Waals surface area contributed by atoms with E-state index in [-0.39, 0.29) is 6.04 Å². The maximum absolute atomic E-state index is 6.40. The summed E-state index contributed by atoms with van der Waals surface area (Å²) in [7, 11) is 1.66. The number of rotatable bonds is 5. The first-order valence-electron chi connectivity index (χ1n) is 6.78. The average Bonchev–Trinajstić information content (AvgIpc) is 2.48. The summed E-state index contributed by atoms with van der Waals surface area (Å²) in [5.74, 6) is 1.65. The number of hydrogen-bond acceptors (Lipinski definition) is 3. The smallest absolute Gasteiger partial charge is 0.124 e. The first kappa shape index (κ1) is 14.4. The zero-order chi connectivity index (χ0) is 14.5. The van der Waals surface area contributed by atoms with Gasteiger partial charge in [-0.3, -0.25) is 0 Å². The van der Waals surface area contributed by atoms with Gasteiger partial charge in [0.2, 0.25) is 0 Å². The topological polar surface area (TPSA) is 44.5 Å². The lowest BCUT2D eigenvalue weighted by Crippen LogP contribution is -2.14. The molecule has 106 valence electrons. The molecule has 3 heteroatoms. The predicted octanol–water partition coefficient (Wildman–Crippen LogP) is 3.45. The molecular formula is C17H21NO2. The van der Waals surface area contributed by atoms with E-state index in [0.29, 0.717) is 6.61 Å². The molecule has 0 saturated heterocycles. The summed E-state index contributed by atoms with van der Waals surface area (Å²) in [4.78, 5) is 0. The third kappa shape index (κ3) is 3.11. The zero-order valence-corrected chi connectivity index (χ0v) is 12.2. The number of hydrogen-bond donors (Lipinski definition) is 1. The molecule has 0 aromatic heterocycles. The third-order valence-corrected chi connectivity index (χ3v) is 3.25. The van der Waals surface area contributed by atoms with Gasteiger partial charge in [-0.25, -0.2) is 0 Å². The first-order valence-corrected chi connectivity index (χ1v) is 6.78. The number of nitrogens with two attached hydrogens (primary N) is 1. The molecule has 0 heterocycles. The van der Waals surface area contributed by atoms with Crippen LogP contribution < -0.4 is 15.2 Å². The minimum atomic E-state index is -0.230. The highest BCUT2D eigenvalue weighted by Crippen LogP contribution is 2.30. The van der Waals surface area contributed by atoms with E-state index >= 15 is 0 Å². The molecule has 2 aromatic rings. The van der Waals surface area contributed by atoms with Gasteiger partial charge in [0.15, 0.2) is 0 Å². The molecule has 0 saturated carbocycles. The SMILES string of the molecule is CCOc1ccc(C)cc1C(N)c1cccc(OC)c1. The van der Waals surface area contributed by atoms with Crippen LogP contribution in [-0.4, -0.2) is 13.7 Å². The van der Waals surface area contributed by atoms with Crippen LogP contribution >= 0.6 is 0 Å². The molecule has 0 bridgehead atoms. The lowest BCUT2D eigenvalue weighted by Gasteiger charge is -2.18. The maximum atomic E-state index is 6.40. The molecule has 0 aliphatic rings. The van der Waals surface area contributed by atoms with Crippen molar-refractivity contribution in [1.82, 2.24) is 0 Å². The highest BCUT2D eigenvalue weighted by atomic mass is 16.5. The Balaban J connectivity index is 2.40. The van der Waals surface area contributed by atoms with Gasteiger partial charge in [-0.1, -0.05) is 29.8 Å². The van der Waals surface area contributed by atoms with Crippen LogP contribution in [0.4, 0.5) is 0 Å². The molecule has 0 fully saturated rings. The Kier molecular flexibility index (Phi) is 4.64. The minimum absolute atomic E-state index is 0.230. The fourth-order valence-corrected chi connectivity index (χ4v) is 2.21. The quantitative estimate of drug-likeness (QED) is 0.906. The fourth-order valence-electron chi connectivity index (χ4n) is 2.21. The summed E-state index contributed by atoms with van der Waals surface area (Å²) < 4.78 is 10.9. The van der Waals surface area contributed by atoms with Crippen molar-refractivity contribution in [1.29, 1.82) is 0 Å². The van der Waals surface area contributed by atoms with E-state index < -0.39 is 0 Å². The van der Waals surface area contributed by atoms with E-state index in [9.17, 15) is 0 Å². The molecule has 0 aliphatic carbocycles. The van der Waals surface area contributed by atoms with Crippen LogP contribution in [0.3, 0.4) is 0 Å². The molecule has 1 unspecified atom stereocenters. The second-order valence-electron chi connectivity index (χ2n) is 4.73. The molecule has 1 atom stereocenters. The van der Waals surface area contributed by atoms with Crippen LogP contribution in [0.15, 0.2) is 42.5 Å². The van der Waals surface area contributed by atoms with Crippen molar-refractivity contribution >= 4 is 0 Å². The van der Waals surface area contributed by atoms with Crippen LogP contribution in [0, 0.1) is 6.92 Å². The summed E-state index contributed by atoms with van der Waals surface area (Å²) in [5, 5.41) is 0. The van der Waals surface area contributed by atoms with Crippen LogP contribution in [0.5, 0.6) is 11.5 Å². The molecule has 0 amide bonds. The Bertz CT molecular complexity index is 581. The Morgan fingerprint density at radius 3 is 2.65 bits per heavy atom. The highest BCUT2D eigenvalue weighted by Gasteiger charge is 2.15. The lowest BCUT2D eigenvalue weighted by atomic mass is 9.97. The molecule has 0 aliphatic heterocycles. The van der Waals surface area contributed by atoms with Crippen molar-refractivity contribution in [3.8, 4) is 11.5 Å². The summed E-state index contributed by atoms with van der Waals surface area (Å²) in [6, 6.07) is 13.7. The van der Waals surface area contributed by atoms with Gasteiger partial charge in [0, 0.05) is 5.56 Å². The van der Waals surface area contributed by atoms with Crippen molar-refractivity contribution < 1.29 is 9.47 Å². The molecule has 2 N–H and O–H groups in total. The largest absolute Gasteiger partial charge is 0.497 e. The van der Waals surface area contributed by atoms with Crippen molar-refractivity contribution in [2.75, 3.05) is 13.7 Å². The van der Waals surface area contributed by atoms with Crippen molar-refractivity contribution in [2.24, 2.45) is 5.73 Å². The Hall–Kier alpha value is -2.00. The van der Waals surface area contributed by atoms with E-state index in [0.717, 1.165) is 22.6 Å². The number of aryl methyl sites for hydroxylation is 1. The van der Waals surface area contributed by atoms with Crippen LogP contribution in [0.2, 0.25) is 0 Å². The zero-order valence-electron chi connectivity index (χ0n) is 12.2. The fraction of sp³-hybridized carbons (Fsp3) is 0.294. The van der Waals surface area contributed by atoms with Crippen molar-refractivity contribution in [3.05, 3.63) is 59.2 Å². The van der Waals surface area contributed by atoms with Crippen LogP contribution in [0.1, 0.15) is 29.7 Å². The van der Waals surface area contributed by atoms with Gasteiger partial charge in [-0.05, 0) is 37.6 Å². The number of methoxy groups -OCH3 is 1. The van der Waals surface area contributed by atoms with Gasteiger partial charge in [0.25, 0.3) is 0 Å². The molecule has 2 rings (SSSR count). The van der Waals surface area contributed by atoms with Gasteiger partial charge in [0.05, 0.1) is 19.8 Å². The molecule has 20 heavy (non-hydrogen) atoms. The summed E-state index contributed by atoms with van der Waals surface area (Å²) in [6.45, 7) is 4.65. The predicted molar refractivity (Wildman–Crippen MR) is 81.4 cm³/mol. The van der Waals surface area contributed by atoms with E-state index in [1.807, 2.05) is 43.3 Å². The third-order valence-electron chi connectivity index (χ3n) is 3.25. The standard InChI is InChI=1S/C17H21NO2/c1-4-20-16-9-8-12(2)10-15(16)17(18)13-6-5-7-14(11-13)19-3/h5-11,17H,4,18H2,1-3H3.